The van der Waals surface area contributed by atoms with Crippen LogP contribution in [-0.2, 0) is 0 Å². The predicted octanol–water partition coefficient (Wildman–Crippen LogP) is 4.57. The minimum absolute atomic E-state index is 0.220. The van der Waals surface area contributed by atoms with E-state index in [2.05, 4.69) is 25.9 Å². The summed E-state index contributed by atoms with van der Waals surface area (Å²) in [5.41, 5.74) is 24.9. The van der Waals surface area contributed by atoms with Gasteiger partial charge in [0.1, 0.15) is 11.7 Å². The highest BCUT2D eigenvalue weighted by molar-refractivity contribution is 9.10. The molecule has 0 fully saturated rings. The second-order valence-corrected chi connectivity index (χ2v) is 6.93. The molecule has 0 amide bonds. The number of nitrogens with two attached hydrogens (primary N) is 4. The number of pyridine rings is 1. The number of rotatable bonds is 2. The minimum atomic E-state index is 0.220. The summed E-state index contributed by atoms with van der Waals surface area (Å²) in [5, 5.41) is 1.93. The third-order valence-corrected chi connectivity index (χ3v) is 4.02. The zero-order valence-electron chi connectivity index (χ0n) is 16.8. The molecule has 2 aromatic carbocycles. The van der Waals surface area contributed by atoms with Crippen molar-refractivity contribution >= 4 is 49.7 Å². The lowest BCUT2D eigenvalue weighted by Crippen LogP contribution is -2.15. The molecule has 7 heteroatoms. The number of halogens is 1. The van der Waals surface area contributed by atoms with Crippen molar-refractivity contribution in [1.82, 2.24) is 4.98 Å². The molecule has 1 aromatic heterocycles. The topological polar surface area (TPSA) is 129 Å². The summed E-state index contributed by atoms with van der Waals surface area (Å²) in [7, 11) is 0. The Morgan fingerprint density at radius 2 is 1.61 bits per heavy atom. The van der Waals surface area contributed by atoms with Crippen LogP contribution >= 0.6 is 15.9 Å². The molecule has 0 saturated heterocycles. The molecule has 0 unspecified atom stereocenters. The summed E-state index contributed by atoms with van der Waals surface area (Å²) < 4.78 is 0.984. The maximum Gasteiger partial charge on any atom is 0.147 e. The predicted molar refractivity (Wildman–Crippen MR) is 126 cm³/mol. The average Bonchev–Trinajstić information content (AvgIpc) is 2.67. The molecule has 0 aliphatic heterocycles. The first-order chi connectivity index (χ1) is 13.3. The van der Waals surface area contributed by atoms with E-state index in [4.69, 9.17) is 22.9 Å². The van der Waals surface area contributed by atoms with Crippen LogP contribution in [0.25, 0.3) is 10.8 Å². The van der Waals surface area contributed by atoms with Gasteiger partial charge in [0.15, 0.2) is 0 Å². The molecule has 3 rings (SSSR count). The Morgan fingerprint density at radius 3 is 2.18 bits per heavy atom. The molecular weight excluding hydrogens is 416 g/mol. The molecule has 8 N–H and O–H groups in total. The van der Waals surface area contributed by atoms with E-state index in [1.54, 1.807) is 6.20 Å². The van der Waals surface area contributed by atoms with Crippen molar-refractivity contribution in [2.24, 2.45) is 10.7 Å². The zero-order valence-corrected chi connectivity index (χ0v) is 18.4. The van der Waals surface area contributed by atoms with Crippen LogP contribution in [0, 0.1) is 0 Å². The molecule has 0 bridgehead atoms. The third kappa shape index (κ3) is 6.74. The maximum absolute atomic E-state index is 5.78. The first-order valence-corrected chi connectivity index (χ1v) is 9.85. The maximum atomic E-state index is 5.78. The highest BCUT2D eigenvalue weighted by Crippen LogP contribution is 2.27. The number of nitrogen functional groups attached to an aromatic ring is 3. The van der Waals surface area contributed by atoms with Crippen LogP contribution in [0.4, 0.5) is 17.2 Å². The number of hydrogen-bond donors (Lipinski definition) is 4. The monoisotopic (exact) mass is 444 g/mol. The van der Waals surface area contributed by atoms with Crippen molar-refractivity contribution in [3.05, 3.63) is 58.7 Å². The van der Waals surface area contributed by atoms with Crippen LogP contribution in [0.5, 0.6) is 0 Å². The molecule has 0 aliphatic carbocycles. The van der Waals surface area contributed by atoms with E-state index in [1.165, 1.54) is 0 Å². The van der Waals surface area contributed by atoms with Gasteiger partial charge < -0.3 is 22.9 Å². The van der Waals surface area contributed by atoms with E-state index in [-0.39, 0.29) is 6.04 Å². The molecular formula is C21H29BrN6. The van der Waals surface area contributed by atoms with Gasteiger partial charge in [-0.2, -0.15) is 0 Å². The fraction of sp³-hybridized carbons (Fsp3) is 0.238. The van der Waals surface area contributed by atoms with E-state index in [0.29, 0.717) is 17.3 Å². The number of benzene rings is 2. The number of aliphatic imine (C=N–C) groups is 1. The van der Waals surface area contributed by atoms with Crippen LogP contribution in [0.3, 0.4) is 0 Å². The number of aromatic nitrogens is 1. The summed E-state index contributed by atoms with van der Waals surface area (Å²) in [5.74, 6) is 0.945. The fourth-order valence-electron chi connectivity index (χ4n) is 2.23. The van der Waals surface area contributed by atoms with Gasteiger partial charge in [0.25, 0.3) is 0 Å². The first kappa shape index (κ1) is 23.2. The summed E-state index contributed by atoms with van der Waals surface area (Å²) >= 11 is 3.37. The van der Waals surface area contributed by atoms with E-state index < -0.39 is 0 Å². The number of hydrogen-bond acceptors (Lipinski definition) is 5. The summed E-state index contributed by atoms with van der Waals surface area (Å²) in [6.45, 7) is 7.98. The largest absolute Gasteiger partial charge is 0.399 e. The molecule has 0 spiro atoms. The van der Waals surface area contributed by atoms with Gasteiger partial charge in [-0.15, -0.1) is 0 Å². The molecule has 6 nitrogen and oxygen atoms in total. The Kier molecular flexibility index (Phi) is 9.24. The van der Waals surface area contributed by atoms with Gasteiger partial charge >= 0.3 is 0 Å². The number of anilines is 3. The lowest BCUT2D eigenvalue weighted by molar-refractivity contribution is 0.834. The van der Waals surface area contributed by atoms with Crippen LogP contribution in [0.2, 0.25) is 0 Å². The first-order valence-electron chi connectivity index (χ1n) is 9.06. The van der Waals surface area contributed by atoms with Crippen LogP contribution in [-0.4, -0.2) is 16.9 Å². The van der Waals surface area contributed by atoms with E-state index in [9.17, 15) is 0 Å². The van der Waals surface area contributed by atoms with Crippen LogP contribution in [0.15, 0.2) is 58.1 Å². The molecule has 1 heterocycles. The molecule has 0 aliphatic rings. The van der Waals surface area contributed by atoms with Crippen molar-refractivity contribution in [1.29, 1.82) is 0 Å². The normalized spacial score (nSPS) is 10.7. The summed E-state index contributed by atoms with van der Waals surface area (Å²) in [4.78, 5) is 8.20. The van der Waals surface area contributed by atoms with Gasteiger partial charge in [-0.1, -0.05) is 35.8 Å². The van der Waals surface area contributed by atoms with Gasteiger partial charge in [0, 0.05) is 38.7 Å². The Bertz CT molecular complexity index is 915. The van der Waals surface area contributed by atoms with Gasteiger partial charge in [0.05, 0.1) is 5.69 Å². The van der Waals surface area contributed by atoms with Crippen molar-refractivity contribution in [2.75, 3.05) is 17.2 Å². The van der Waals surface area contributed by atoms with Crippen molar-refractivity contribution in [3.63, 3.8) is 0 Å². The second kappa shape index (κ2) is 11.1. The van der Waals surface area contributed by atoms with E-state index >= 15 is 0 Å². The second-order valence-electron chi connectivity index (χ2n) is 6.02. The number of amidine groups is 1. The minimum Gasteiger partial charge on any atom is -0.399 e. The third-order valence-electron chi connectivity index (χ3n) is 3.53. The SMILES string of the molecule is CC.CC(C)N=C(N)c1ccc(N)cc1.Nc1ncc2ccc(Br)cc2c1N. The highest BCUT2D eigenvalue weighted by atomic mass is 79.9. The average molecular weight is 445 g/mol. The molecule has 3 aromatic rings. The fourth-order valence-corrected chi connectivity index (χ4v) is 2.59. The summed E-state index contributed by atoms with van der Waals surface area (Å²) in [6, 6.07) is 13.4. The van der Waals surface area contributed by atoms with Crippen molar-refractivity contribution in [2.45, 2.75) is 33.7 Å². The van der Waals surface area contributed by atoms with Crippen LogP contribution in [0.1, 0.15) is 33.3 Å². The van der Waals surface area contributed by atoms with Gasteiger partial charge in [0.2, 0.25) is 0 Å². The lowest BCUT2D eigenvalue weighted by atomic mass is 10.1. The van der Waals surface area contributed by atoms with Gasteiger partial charge in [-0.25, -0.2) is 4.98 Å². The Hall–Kier alpha value is -2.80. The van der Waals surface area contributed by atoms with Gasteiger partial charge in [-0.05, 0) is 50.2 Å². The molecule has 0 atom stereocenters. The molecule has 0 radical (unpaired) electrons. The molecule has 150 valence electrons. The Morgan fingerprint density at radius 1 is 1.00 bits per heavy atom. The van der Waals surface area contributed by atoms with Crippen molar-refractivity contribution < 1.29 is 0 Å². The smallest absolute Gasteiger partial charge is 0.147 e. The summed E-state index contributed by atoms with van der Waals surface area (Å²) in [6.07, 6.45) is 1.72. The van der Waals surface area contributed by atoms with Crippen LogP contribution < -0.4 is 22.9 Å². The quantitative estimate of drug-likeness (QED) is 0.261. The zero-order chi connectivity index (χ0) is 21.3. The Labute approximate surface area is 175 Å². The Balaban J connectivity index is 0.000000257. The van der Waals surface area contributed by atoms with E-state index in [0.717, 1.165) is 26.5 Å². The van der Waals surface area contributed by atoms with Crippen molar-refractivity contribution in [3.8, 4) is 0 Å². The van der Waals surface area contributed by atoms with E-state index in [1.807, 2.05) is 70.2 Å². The standard InChI is InChI=1S/C10H15N3.C9H8BrN3.C2H6/c1-7(2)13-10(12)8-3-5-9(11)6-4-8;10-6-2-1-5-4-13-9(12)8(11)7(5)3-6;1-2/h3-7H,11H2,1-2H3,(H2,12,13);1-4H,11H2,(H2,12,13);1-2H3. The number of fused-ring (bicyclic) bond motifs is 1. The number of nitrogens with zero attached hydrogens (tertiary/aromatic N) is 2. The highest BCUT2D eigenvalue weighted by Gasteiger charge is 2.02. The molecule has 0 saturated carbocycles. The van der Waals surface area contributed by atoms with Gasteiger partial charge in [-0.3, -0.25) is 4.99 Å². The lowest BCUT2D eigenvalue weighted by Gasteiger charge is -2.04. The molecule has 28 heavy (non-hydrogen) atoms.